The first-order valence-corrected chi connectivity index (χ1v) is 5.92. The van der Waals surface area contributed by atoms with Gasteiger partial charge in [0, 0.05) is 19.2 Å². The molecule has 0 unspecified atom stereocenters. The third kappa shape index (κ3) is 4.44. The van der Waals surface area contributed by atoms with Gasteiger partial charge in [-0.3, -0.25) is 15.0 Å². The van der Waals surface area contributed by atoms with E-state index >= 15 is 0 Å². The van der Waals surface area contributed by atoms with Gasteiger partial charge in [0.25, 0.3) is 12.1 Å². The number of anilines is 1. The highest BCUT2D eigenvalue weighted by Crippen LogP contribution is 2.29. The fourth-order valence-electron chi connectivity index (χ4n) is 1.84. The van der Waals surface area contributed by atoms with Crippen LogP contribution in [-0.2, 0) is 6.54 Å². The number of alkyl halides is 2. The molecule has 7 heteroatoms. The quantitative estimate of drug-likeness (QED) is 0.613. The molecule has 5 nitrogen and oxygen atoms in total. The molecule has 0 atom stereocenters. The minimum Gasteiger partial charge on any atom is -0.380 e. The Labute approximate surface area is 110 Å². The molecule has 1 rings (SSSR count). The Morgan fingerprint density at radius 3 is 2.68 bits per heavy atom. The van der Waals surface area contributed by atoms with Crippen LogP contribution in [0.2, 0.25) is 0 Å². The maximum Gasteiger partial charge on any atom is 0.292 e. The van der Waals surface area contributed by atoms with Crippen LogP contribution in [0.1, 0.15) is 12.5 Å². The molecule has 1 aromatic carbocycles. The third-order valence-electron chi connectivity index (χ3n) is 2.57. The molecule has 0 aliphatic carbocycles. The van der Waals surface area contributed by atoms with Gasteiger partial charge in [0.2, 0.25) is 0 Å². The molecule has 1 N–H and O–H groups in total. The van der Waals surface area contributed by atoms with E-state index in [9.17, 15) is 18.9 Å². The van der Waals surface area contributed by atoms with Crippen molar-refractivity contribution in [3.8, 4) is 0 Å². The summed E-state index contributed by atoms with van der Waals surface area (Å²) in [6.07, 6.45) is -2.42. The van der Waals surface area contributed by atoms with E-state index in [-0.39, 0.29) is 18.8 Å². The van der Waals surface area contributed by atoms with Crippen LogP contribution in [0.3, 0.4) is 0 Å². The lowest BCUT2D eigenvalue weighted by atomic mass is 10.1. The number of halogens is 2. The molecule has 0 spiro atoms. The Kier molecular flexibility index (Phi) is 5.62. The van der Waals surface area contributed by atoms with Gasteiger partial charge in [0.15, 0.2) is 0 Å². The van der Waals surface area contributed by atoms with Crippen molar-refractivity contribution in [2.75, 3.05) is 25.5 Å². The van der Waals surface area contributed by atoms with Gasteiger partial charge in [-0.2, -0.15) is 0 Å². The number of benzene rings is 1. The molecule has 106 valence electrons. The highest BCUT2D eigenvalue weighted by Gasteiger charge is 2.18. The minimum atomic E-state index is -2.42. The summed E-state index contributed by atoms with van der Waals surface area (Å²) >= 11 is 0. The average Bonchev–Trinajstić information content (AvgIpc) is 2.30. The summed E-state index contributed by atoms with van der Waals surface area (Å²) in [6, 6.07) is 4.66. The molecule has 0 bridgehead atoms. The second-order valence-corrected chi connectivity index (χ2v) is 4.19. The van der Waals surface area contributed by atoms with Crippen LogP contribution in [0.15, 0.2) is 18.2 Å². The largest absolute Gasteiger partial charge is 0.380 e. The zero-order valence-electron chi connectivity index (χ0n) is 10.9. The zero-order chi connectivity index (χ0) is 14.4. The second-order valence-electron chi connectivity index (χ2n) is 4.19. The SMILES string of the molecule is CCNc1c(CN(C)CC(F)F)cccc1[N+](=O)[O-]. The molecule has 1 aromatic rings. The molecule has 0 radical (unpaired) electrons. The lowest BCUT2D eigenvalue weighted by Gasteiger charge is -2.18. The molecule has 0 aliphatic heterocycles. The summed E-state index contributed by atoms with van der Waals surface area (Å²) < 4.78 is 24.6. The van der Waals surface area contributed by atoms with Crippen LogP contribution in [-0.4, -0.2) is 36.4 Å². The van der Waals surface area contributed by atoms with Crippen LogP contribution in [0.4, 0.5) is 20.2 Å². The van der Waals surface area contributed by atoms with E-state index in [0.29, 0.717) is 17.8 Å². The van der Waals surface area contributed by atoms with E-state index in [2.05, 4.69) is 5.32 Å². The van der Waals surface area contributed by atoms with Gasteiger partial charge in [-0.25, -0.2) is 8.78 Å². The van der Waals surface area contributed by atoms with Crippen LogP contribution in [0, 0.1) is 10.1 Å². The first-order chi connectivity index (χ1) is 8.95. The van der Waals surface area contributed by atoms with Crippen molar-refractivity contribution in [3.05, 3.63) is 33.9 Å². The molecular weight excluding hydrogens is 256 g/mol. The van der Waals surface area contributed by atoms with Crippen molar-refractivity contribution in [2.24, 2.45) is 0 Å². The van der Waals surface area contributed by atoms with Crippen molar-refractivity contribution in [2.45, 2.75) is 19.9 Å². The van der Waals surface area contributed by atoms with E-state index in [1.807, 2.05) is 6.92 Å². The number of nitro groups is 1. The predicted octanol–water partition coefficient (Wildman–Crippen LogP) is 2.72. The molecule has 0 saturated carbocycles. The maximum atomic E-state index is 12.3. The van der Waals surface area contributed by atoms with Crippen LogP contribution in [0.5, 0.6) is 0 Å². The molecule has 0 amide bonds. The first-order valence-electron chi connectivity index (χ1n) is 5.92. The Balaban J connectivity index is 2.99. The molecule has 0 heterocycles. The lowest BCUT2D eigenvalue weighted by molar-refractivity contribution is -0.384. The van der Waals surface area contributed by atoms with Gasteiger partial charge in [-0.1, -0.05) is 12.1 Å². The Morgan fingerprint density at radius 1 is 1.47 bits per heavy atom. The third-order valence-corrected chi connectivity index (χ3v) is 2.57. The first kappa shape index (κ1) is 15.3. The molecule has 0 saturated heterocycles. The monoisotopic (exact) mass is 273 g/mol. The Bertz CT molecular complexity index is 441. The average molecular weight is 273 g/mol. The lowest BCUT2D eigenvalue weighted by Crippen LogP contribution is -2.24. The summed E-state index contributed by atoms with van der Waals surface area (Å²) in [6.45, 7) is 2.21. The van der Waals surface area contributed by atoms with E-state index in [1.165, 1.54) is 11.0 Å². The summed E-state index contributed by atoms with van der Waals surface area (Å²) in [5.74, 6) is 0. The number of nitrogens with one attached hydrogen (secondary N) is 1. The maximum absolute atomic E-state index is 12.3. The molecule has 19 heavy (non-hydrogen) atoms. The normalized spacial score (nSPS) is 11.1. The van der Waals surface area contributed by atoms with Crippen LogP contribution in [0.25, 0.3) is 0 Å². The molecule has 0 aromatic heterocycles. The van der Waals surface area contributed by atoms with Crippen molar-refractivity contribution in [1.29, 1.82) is 0 Å². The number of nitro benzene ring substituents is 1. The molecule has 0 fully saturated rings. The zero-order valence-corrected chi connectivity index (χ0v) is 10.9. The fraction of sp³-hybridized carbons (Fsp3) is 0.500. The van der Waals surface area contributed by atoms with Gasteiger partial charge in [0.1, 0.15) is 5.69 Å². The van der Waals surface area contributed by atoms with E-state index < -0.39 is 11.3 Å². The topological polar surface area (TPSA) is 58.4 Å². The number of nitrogens with zero attached hydrogens (tertiary/aromatic N) is 2. The number of rotatable bonds is 7. The van der Waals surface area contributed by atoms with Crippen LogP contribution < -0.4 is 5.32 Å². The standard InChI is InChI=1S/C12H17F2N3O2/c1-3-15-12-9(7-16(2)8-11(13)14)5-4-6-10(12)17(18)19/h4-6,11,15H,3,7-8H2,1-2H3. The number of hydrogen-bond acceptors (Lipinski definition) is 4. The highest BCUT2D eigenvalue weighted by molar-refractivity contribution is 5.66. The summed E-state index contributed by atoms with van der Waals surface area (Å²) in [4.78, 5) is 11.9. The van der Waals surface area contributed by atoms with Crippen LogP contribution >= 0.6 is 0 Å². The van der Waals surface area contributed by atoms with Crippen molar-refractivity contribution in [1.82, 2.24) is 4.90 Å². The minimum absolute atomic E-state index is 0.0372. The van der Waals surface area contributed by atoms with Gasteiger partial charge in [-0.15, -0.1) is 0 Å². The summed E-state index contributed by atoms with van der Waals surface area (Å²) in [5, 5.41) is 13.9. The number of hydrogen-bond donors (Lipinski definition) is 1. The predicted molar refractivity (Wildman–Crippen MR) is 69.6 cm³/mol. The van der Waals surface area contributed by atoms with Crippen molar-refractivity contribution in [3.63, 3.8) is 0 Å². The van der Waals surface area contributed by atoms with Crippen molar-refractivity contribution >= 4 is 11.4 Å². The van der Waals surface area contributed by atoms with Gasteiger partial charge in [0.05, 0.1) is 11.5 Å². The summed E-state index contributed by atoms with van der Waals surface area (Å²) in [7, 11) is 1.56. The van der Waals surface area contributed by atoms with Gasteiger partial charge in [-0.05, 0) is 19.5 Å². The highest BCUT2D eigenvalue weighted by atomic mass is 19.3. The van der Waals surface area contributed by atoms with E-state index in [4.69, 9.17) is 0 Å². The van der Waals surface area contributed by atoms with Crippen molar-refractivity contribution < 1.29 is 13.7 Å². The molecular formula is C12H17F2N3O2. The summed E-state index contributed by atoms with van der Waals surface area (Å²) in [5.41, 5.74) is 1.00. The smallest absolute Gasteiger partial charge is 0.292 e. The number of para-hydroxylation sites is 1. The fourth-order valence-corrected chi connectivity index (χ4v) is 1.84. The van der Waals surface area contributed by atoms with E-state index in [0.717, 1.165) is 0 Å². The molecule has 0 aliphatic rings. The van der Waals surface area contributed by atoms with Gasteiger partial charge < -0.3 is 5.32 Å². The second kappa shape index (κ2) is 6.98. The van der Waals surface area contributed by atoms with E-state index in [1.54, 1.807) is 19.2 Å². The Morgan fingerprint density at radius 2 is 2.16 bits per heavy atom. The van der Waals surface area contributed by atoms with Gasteiger partial charge >= 0.3 is 0 Å². The Hall–Kier alpha value is -1.76.